The van der Waals surface area contributed by atoms with E-state index in [-0.39, 0.29) is 12.1 Å². The maximum atomic E-state index is 12.1. The SMILES string of the molecule is CC(C)CNC(=O)N1CCC(OCCc2noc(C3CCOCC3)n2)CC1. The number of nitrogens with one attached hydrogen (secondary N) is 1. The van der Waals surface area contributed by atoms with Crippen LogP contribution in [0.3, 0.4) is 0 Å². The average Bonchev–Trinajstić information content (AvgIpc) is 3.16. The van der Waals surface area contributed by atoms with E-state index in [1.807, 2.05) is 4.90 Å². The number of carbonyl (C=O) groups is 1. The third kappa shape index (κ3) is 6.17. The minimum Gasteiger partial charge on any atom is -0.381 e. The molecule has 8 heteroatoms. The summed E-state index contributed by atoms with van der Waals surface area (Å²) in [5, 5.41) is 7.05. The van der Waals surface area contributed by atoms with Crippen LogP contribution in [0.5, 0.6) is 0 Å². The Morgan fingerprint density at radius 2 is 2.00 bits per heavy atom. The van der Waals surface area contributed by atoms with Gasteiger partial charge < -0.3 is 24.2 Å². The van der Waals surface area contributed by atoms with Crippen LogP contribution in [0.25, 0.3) is 0 Å². The van der Waals surface area contributed by atoms with E-state index in [2.05, 4.69) is 29.3 Å². The van der Waals surface area contributed by atoms with Gasteiger partial charge in [0.1, 0.15) is 0 Å². The Balaban J connectivity index is 1.32. The zero-order chi connectivity index (χ0) is 19.1. The van der Waals surface area contributed by atoms with Gasteiger partial charge >= 0.3 is 6.03 Å². The molecule has 0 radical (unpaired) electrons. The summed E-state index contributed by atoms with van der Waals surface area (Å²) in [6, 6.07) is 0.0367. The number of amides is 2. The van der Waals surface area contributed by atoms with Gasteiger partial charge in [-0.25, -0.2) is 4.79 Å². The zero-order valence-corrected chi connectivity index (χ0v) is 16.5. The van der Waals surface area contributed by atoms with Crippen molar-refractivity contribution in [3.63, 3.8) is 0 Å². The smallest absolute Gasteiger partial charge is 0.317 e. The number of nitrogens with zero attached hydrogens (tertiary/aromatic N) is 3. The topological polar surface area (TPSA) is 89.7 Å². The van der Waals surface area contributed by atoms with Crippen molar-refractivity contribution < 1.29 is 18.8 Å². The van der Waals surface area contributed by atoms with Crippen LogP contribution in [0.15, 0.2) is 4.52 Å². The van der Waals surface area contributed by atoms with E-state index in [0.717, 1.165) is 64.4 Å². The molecule has 0 aromatic carbocycles. The predicted molar refractivity (Wildman–Crippen MR) is 99.6 cm³/mol. The molecule has 0 atom stereocenters. The van der Waals surface area contributed by atoms with Crippen LogP contribution in [-0.4, -0.2) is 66.6 Å². The van der Waals surface area contributed by atoms with E-state index >= 15 is 0 Å². The summed E-state index contributed by atoms with van der Waals surface area (Å²) in [6.45, 7) is 8.49. The summed E-state index contributed by atoms with van der Waals surface area (Å²) < 4.78 is 16.7. The standard InChI is InChI=1S/C19H32N4O4/c1-14(2)13-20-19(24)23-8-3-16(4-9-23)26-12-7-17-21-18(27-22-17)15-5-10-25-11-6-15/h14-16H,3-13H2,1-2H3,(H,20,24). The van der Waals surface area contributed by atoms with Crippen LogP contribution in [0, 0.1) is 5.92 Å². The first-order valence-corrected chi connectivity index (χ1v) is 10.2. The van der Waals surface area contributed by atoms with Crippen molar-refractivity contribution in [1.29, 1.82) is 0 Å². The molecule has 2 fully saturated rings. The summed E-state index contributed by atoms with van der Waals surface area (Å²) in [5.41, 5.74) is 0. The zero-order valence-electron chi connectivity index (χ0n) is 16.5. The first kappa shape index (κ1) is 20.1. The number of ether oxygens (including phenoxy) is 2. The third-order valence-corrected chi connectivity index (χ3v) is 5.12. The van der Waals surface area contributed by atoms with E-state index in [1.165, 1.54) is 0 Å². The molecule has 1 aromatic heterocycles. The fourth-order valence-corrected chi connectivity index (χ4v) is 3.43. The van der Waals surface area contributed by atoms with Crippen LogP contribution in [0.1, 0.15) is 57.2 Å². The number of piperidine rings is 1. The lowest BCUT2D eigenvalue weighted by molar-refractivity contribution is 0.0157. The molecule has 2 aliphatic heterocycles. The van der Waals surface area contributed by atoms with E-state index in [9.17, 15) is 4.79 Å². The second-order valence-corrected chi connectivity index (χ2v) is 7.82. The van der Waals surface area contributed by atoms with Gasteiger partial charge in [-0.3, -0.25) is 0 Å². The van der Waals surface area contributed by atoms with Crippen LogP contribution in [0.4, 0.5) is 4.79 Å². The molecule has 0 spiro atoms. The fourth-order valence-electron chi connectivity index (χ4n) is 3.43. The Morgan fingerprint density at radius 1 is 1.26 bits per heavy atom. The quantitative estimate of drug-likeness (QED) is 0.781. The fraction of sp³-hybridized carbons (Fsp3) is 0.842. The Morgan fingerprint density at radius 3 is 2.70 bits per heavy atom. The third-order valence-electron chi connectivity index (χ3n) is 5.12. The Kier molecular flexibility index (Phi) is 7.46. The van der Waals surface area contributed by atoms with Gasteiger partial charge in [-0.2, -0.15) is 4.98 Å². The van der Waals surface area contributed by atoms with Crippen LogP contribution in [-0.2, 0) is 15.9 Å². The monoisotopic (exact) mass is 380 g/mol. The number of rotatable bonds is 7. The minimum atomic E-state index is 0.0367. The molecule has 3 rings (SSSR count). The minimum absolute atomic E-state index is 0.0367. The van der Waals surface area contributed by atoms with Gasteiger partial charge in [0.15, 0.2) is 5.82 Å². The molecule has 27 heavy (non-hydrogen) atoms. The van der Waals surface area contributed by atoms with Crippen molar-refractivity contribution in [2.45, 2.75) is 58.0 Å². The summed E-state index contributed by atoms with van der Waals surface area (Å²) in [5.74, 6) is 2.23. The van der Waals surface area contributed by atoms with Crippen LogP contribution < -0.4 is 5.32 Å². The number of hydrogen-bond donors (Lipinski definition) is 1. The maximum Gasteiger partial charge on any atom is 0.317 e. The normalized spacial score (nSPS) is 19.6. The lowest BCUT2D eigenvalue weighted by Crippen LogP contribution is -2.46. The molecule has 0 aliphatic carbocycles. The molecule has 2 amide bonds. The summed E-state index contributed by atoms with van der Waals surface area (Å²) in [6.07, 6.45) is 4.48. The molecule has 0 bridgehead atoms. The molecular formula is C19H32N4O4. The Hall–Kier alpha value is -1.67. The highest BCUT2D eigenvalue weighted by atomic mass is 16.5. The molecule has 0 unspecified atom stereocenters. The second-order valence-electron chi connectivity index (χ2n) is 7.82. The Bertz CT molecular complexity index is 578. The van der Waals surface area contributed by atoms with Gasteiger partial charge in [0, 0.05) is 45.2 Å². The van der Waals surface area contributed by atoms with Crippen molar-refractivity contribution >= 4 is 6.03 Å². The predicted octanol–water partition coefficient (Wildman–Crippen LogP) is 2.35. The molecular weight excluding hydrogens is 348 g/mol. The van der Waals surface area contributed by atoms with Gasteiger partial charge in [-0.1, -0.05) is 19.0 Å². The maximum absolute atomic E-state index is 12.1. The van der Waals surface area contributed by atoms with E-state index in [0.29, 0.717) is 30.7 Å². The van der Waals surface area contributed by atoms with Crippen LogP contribution in [0.2, 0.25) is 0 Å². The highest BCUT2D eigenvalue weighted by molar-refractivity contribution is 5.74. The first-order valence-electron chi connectivity index (χ1n) is 10.2. The van der Waals surface area contributed by atoms with E-state index < -0.39 is 0 Å². The molecule has 1 aromatic rings. The summed E-state index contributed by atoms with van der Waals surface area (Å²) in [7, 11) is 0. The lowest BCUT2D eigenvalue weighted by atomic mass is 10.0. The largest absolute Gasteiger partial charge is 0.381 e. The van der Waals surface area contributed by atoms with Crippen molar-refractivity contribution in [3.05, 3.63) is 11.7 Å². The van der Waals surface area contributed by atoms with E-state index in [4.69, 9.17) is 14.0 Å². The number of hydrogen-bond acceptors (Lipinski definition) is 6. The molecule has 2 aliphatic rings. The van der Waals surface area contributed by atoms with Crippen molar-refractivity contribution in [3.8, 4) is 0 Å². The molecule has 3 heterocycles. The highest BCUT2D eigenvalue weighted by Crippen LogP contribution is 2.25. The summed E-state index contributed by atoms with van der Waals surface area (Å²) in [4.78, 5) is 18.5. The van der Waals surface area contributed by atoms with Gasteiger partial charge in [-0.05, 0) is 31.6 Å². The molecule has 8 nitrogen and oxygen atoms in total. The highest BCUT2D eigenvalue weighted by Gasteiger charge is 2.24. The molecule has 152 valence electrons. The number of urea groups is 1. The van der Waals surface area contributed by atoms with Gasteiger partial charge in [-0.15, -0.1) is 0 Å². The number of likely N-dealkylation sites (tertiary alicyclic amines) is 1. The number of carbonyl (C=O) groups excluding carboxylic acids is 1. The molecule has 1 N–H and O–H groups in total. The van der Waals surface area contributed by atoms with Crippen molar-refractivity contribution in [2.24, 2.45) is 5.92 Å². The van der Waals surface area contributed by atoms with Crippen LogP contribution >= 0.6 is 0 Å². The molecule has 0 saturated carbocycles. The summed E-state index contributed by atoms with van der Waals surface area (Å²) >= 11 is 0. The van der Waals surface area contributed by atoms with Gasteiger partial charge in [0.2, 0.25) is 5.89 Å². The lowest BCUT2D eigenvalue weighted by Gasteiger charge is -2.32. The molecule has 2 saturated heterocycles. The van der Waals surface area contributed by atoms with E-state index in [1.54, 1.807) is 0 Å². The first-order chi connectivity index (χ1) is 13.1. The van der Waals surface area contributed by atoms with Gasteiger partial charge in [0.05, 0.1) is 12.7 Å². The second kappa shape index (κ2) is 10.0. The Labute approximate surface area is 161 Å². The average molecular weight is 380 g/mol. The van der Waals surface area contributed by atoms with Crippen molar-refractivity contribution in [1.82, 2.24) is 20.4 Å². The number of aromatic nitrogens is 2. The van der Waals surface area contributed by atoms with Gasteiger partial charge in [0.25, 0.3) is 0 Å². The van der Waals surface area contributed by atoms with Crippen molar-refractivity contribution in [2.75, 3.05) is 39.5 Å².